The highest BCUT2D eigenvalue weighted by Crippen LogP contribution is 2.28. The van der Waals surface area contributed by atoms with Gasteiger partial charge < -0.3 is 4.40 Å². The Morgan fingerprint density at radius 2 is 1.86 bits per heavy atom. The quantitative estimate of drug-likeness (QED) is 0.709. The standard InChI is InChI=1S/C18H17N3/c1-12-4-5-15(14(3)10-12)18-16(6-8-19)21-9-7-13(2)11-17(21)20-18/h4-5,7,9-11H,6H2,1-3H3. The second kappa shape index (κ2) is 5.06. The zero-order valence-electron chi connectivity index (χ0n) is 12.5. The average molecular weight is 275 g/mol. The van der Waals surface area contributed by atoms with Crippen molar-refractivity contribution < 1.29 is 0 Å². The molecule has 0 bridgehead atoms. The predicted molar refractivity (Wildman–Crippen MR) is 84.2 cm³/mol. The average Bonchev–Trinajstić information content (AvgIpc) is 2.77. The molecule has 3 nitrogen and oxygen atoms in total. The first kappa shape index (κ1) is 13.4. The van der Waals surface area contributed by atoms with E-state index in [1.807, 2.05) is 22.7 Å². The lowest BCUT2D eigenvalue weighted by atomic mass is 10.0. The summed E-state index contributed by atoms with van der Waals surface area (Å²) in [5.41, 5.74) is 7.47. The topological polar surface area (TPSA) is 41.1 Å². The van der Waals surface area contributed by atoms with Crippen LogP contribution in [0.3, 0.4) is 0 Å². The number of hydrogen-bond acceptors (Lipinski definition) is 2. The van der Waals surface area contributed by atoms with Crippen molar-refractivity contribution in [1.29, 1.82) is 5.26 Å². The van der Waals surface area contributed by atoms with Crippen LogP contribution in [-0.2, 0) is 6.42 Å². The maximum absolute atomic E-state index is 9.15. The number of aromatic nitrogens is 2. The Kier molecular flexibility index (Phi) is 3.23. The largest absolute Gasteiger partial charge is 0.302 e. The number of rotatable bonds is 2. The van der Waals surface area contributed by atoms with Gasteiger partial charge in [0, 0.05) is 11.8 Å². The van der Waals surface area contributed by atoms with Gasteiger partial charge in [-0.05, 0) is 44.0 Å². The van der Waals surface area contributed by atoms with E-state index >= 15 is 0 Å². The summed E-state index contributed by atoms with van der Waals surface area (Å²) in [7, 11) is 0. The predicted octanol–water partition coefficient (Wildman–Crippen LogP) is 3.99. The van der Waals surface area contributed by atoms with E-state index in [4.69, 9.17) is 10.2 Å². The fourth-order valence-corrected chi connectivity index (χ4v) is 2.74. The van der Waals surface area contributed by atoms with Crippen molar-refractivity contribution in [3.05, 3.63) is 58.9 Å². The summed E-state index contributed by atoms with van der Waals surface area (Å²) in [4.78, 5) is 4.76. The van der Waals surface area contributed by atoms with Crippen molar-refractivity contribution in [3.63, 3.8) is 0 Å². The molecule has 0 aliphatic heterocycles. The van der Waals surface area contributed by atoms with Gasteiger partial charge >= 0.3 is 0 Å². The Balaban J connectivity index is 2.30. The number of imidazole rings is 1. The van der Waals surface area contributed by atoms with E-state index < -0.39 is 0 Å². The third-order valence-corrected chi connectivity index (χ3v) is 3.76. The molecule has 3 aromatic rings. The van der Waals surface area contributed by atoms with E-state index in [2.05, 4.69) is 45.0 Å². The molecule has 0 unspecified atom stereocenters. The first-order chi connectivity index (χ1) is 10.1. The summed E-state index contributed by atoms with van der Waals surface area (Å²) < 4.78 is 2.02. The van der Waals surface area contributed by atoms with Crippen LogP contribution in [0, 0.1) is 32.1 Å². The van der Waals surface area contributed by atoms with Crippen LogP contribution in [0.1, 0.15) is 22.4 Å². The number of aryl methyl sites for hydroxylation is 3. The smallest absolute Gasteiger partial charge is 0.137 e. The highest BCUT2D eigenvalue weighted by Gasteiger charge is 2.15. The normalized spacial score (nSPS) is 10.8. The van der Waals surface area contributed by atoms with Gasteiger partial charge in [0.2, 0.25) is 0 Å². The summed E-state index contributed by atoms with van der Waals surface area (Å²) in [5.74, 6) is 0. The zero-order valence-corrected chi connectivity index (χ0v) is 12.5. The molecule has 104 valence electrons. The van der Waals surface area contributed by atoms with Gasteiger partial charge in [-0.1, -0.05) is 23.8 Å². The Morgan fingerprint density at radius 1 is 1.10 bits per heavy atom. The minimum atomic E-state index is 0.354. The summed E-state index contributed by atoms with van der Waals surface area (Å²) in [5, 5.41) is 9.15. The van der Waals surface area contributed by atoms with Crippen molar-refractivity contribution in [3.8, 4) is 17.3 Å². The van der Waals surface area contributed by atoms with Crippen molar-refractivity contribution in [2.75, 3.05) is 0 Å². The van der Waals surface area contributed by atoms with E-state index in [1.54, 1.807) is 0 Å². The van der Waals surface area contributed by atoms with Crippen LogP contribution in [0.5, 0.6) is 0 Å². The number of pyridine rings is 1. The molecule has 0 radical (unpaired) electrons. The van der Waals surface area contributed by atoms with E-state index in [0.29, 0.717) is 6.42 Å². The number of hydrogen-bond donors (Lipinski definition) is 0. The Hall–Kier alpha value is -2.60. The van der Waals surface area contributed by atoms with Crippen molar-refractivity contribution in [1.82, 2.24) is 9.38 Å². The lowest BCUT2D eigenvalue weighted by Crippen LogP contribution is -1.94. The van der Waals surface area contributed by atoms with Crippen LogP contribution in [-0.4, -0.2) is 9.38 Å². The lowest BCUT2D eigenvalue weighted by molar-refractivity contribution is 1.05. The van der Waals surface area contributed by atoms with Gasteiger partial charge in [-0.15, -0.1) is 0 Å². The van der Waals surface area contributed by atoms with E-state index in [1.165, 1.54) is 16.7 Å². The molecule has 21 heavy (non-hydrogen) atoms. The maximum atomic E-state index is 9.15. The number of nitriles is 1. The van der Waals surface area contributed by atoms with Crippen LogP contribution < -0.4 is 0 Å². The highest BCUT2D eigenvalue weighted by molar-refractivity contribution is 5.70. The van der Waals surface area contributed by atoms with Crippen LogP contribution in [0.4, 0.5) is 0 Å². The monoisotopic (exact) mass is 275 g/mol. The molecule has 0 spiro atoms. The second-order valence-electron chi connectivity index (χ2n) is 5.49. The molecule has 0 saturated carbocycles. The summed E-state index contributed by atoms with van der Waals surface area (Å²) in [6.07, 6.45) is 2.35. The third kappa shape index (κ3) is 2.30. The minimum Gasteiger partial charge on any atom is -0.302 e. The van der Waals surface area contributed by atoms with Gasteiger partial charge in [-0.3, -0.25) is 0 Å². The van der Waals surface area contributed by atoms with Gasteiger partial charge in [0.15, 0.2) is 0 Å². The molecule has 0 saturated heterocycles. The fourth-order valence-electron chi connectivity index (χ4n) is 2.74. The lowest BCUT2D eigenvalue weighted by Gasteiger charge is -2.06. The molecule has 0 aliphatic rings. The molecule has 0 fully saturated rings. The number of nitrogens with zero attached hydrogens (tertiary/aromatic N) is 3. The first-order valence-corrected chi connectivity index (χ1v) is 7.02. The van der Waals surface area contributed by atoms with Gasteiger partial charge in [0.25, 0.3) is 0 Å². The Morgan fingerprint density at radius 3 is 2.57 bits per heavy atom. The summed E-state index contributed by atoms with van der Waals surface area (Å²) >= 11 is 0. The molecule has 3 heteroatoms. The van der Waals surface area contributed by atoms with Crippen LogP contribution in [0.25, 0.3) is 16.9 Å². The van der Waals surface area contributed by atoms with Crippen molar-refractivity contribution in [2.45, 2.75) is 27.2 Å². The van der Waals surface area contributed by atoms with Gasteiger partial charge in [-0.25, -0.2) is 4.98 Å². The number of benzene rings is 1. The molecule has 3 rings (SSSR count). The molecule has 1 aromatic carbocycles. The molecule has 0 atom stereocenters. The highest BCUT2D eigenvalue weighted by atomic mass is 15.0. The molecular formula is C18H17N3. The molecule has 0 N–H and O–H groups in total. The molecular weight excluding hydrogens is 258 g/mol. The molecule has 2 heterocycles. The van der Waals surface area contributed by atoms with Crippen molar-refractivity contribution in [2.24, 2.45) is 0 Å². The SMILES string of the molecule is Cc1ccc(-c2nc3cc(C)ccn3c2CC#N)c(C)c1. The van der Waals surface area contributed by atoms with Crippen LogP contribution >= 0.6 is 0 Å². The van der Waals surface area contributed by atoms with E-state index in [0.717, 1.165) is 22.6 Å². The van der Waals surface area contributed by atoms with Crippen LogP contribution in [0.15, 0.2) is 36.5 Å². The fraction of sp³-hybridized carbons (Fsp3) is 0.222. The zero-order chi connectivity index (χ0) is 15.0. The van der Waals surface area contributed by atoms with Gasteiger partial charge in [0.05, 0.1) is 23.9 Å². The van der Waals surface area contributed by atoms with Gasteiger partial charge in [0.1, 0.15) is 5.65 Å². The van der Waals surface area contributed by atoms with Crippen LogP contribution in [0.2, 0.25) is 0 Å². The summed E-state index contributed by atoms with van der Waals surface area (Å²) in [6.45, 7) is 6.23. The Bertz CT molecular complexity index is 866. The third-order valence-electron chi connectivity index (χ3n) is 3.76. The summed E-state index contributed by atoms with van der Waals surface area (Å²) in [6, 6.07) is 12.7. The second-order valence-corrected chi connectivity index (χ2v) is 5.49. The van der Waals surface area contributed by atoms with E-state index in [9.17, 15) is 0 Å². The minimum absolute atomic E-state index is 0.354. The van der Waals surface area contributed by atoms with Crippen molar-refractivity contribution >= 4 is 5.65 Å². The molecule has 0 amide bonds. The Labute approximate surface area is 124 Å². The molecule has 0 aliphatic carbocycles. The first-order valence-electron chi connectivity index (χ1n) is 7.02. The van der Waals surface area contributed by atoms with E-state index in [-0.39, 0.29) is 0 Å². The molecule has 2 aromatic heterocycles. The van der Waals surface area contributed by atoms with Gasteiger partial charge in [-0.2, -0.15) is 5.26 Å². The number of fused-ring (bicyclic) bond motifs is 1. The maximum Gasteiger partial charge on any atom is 0.137 e.